The standard InChI is InChI=1S/C20H21FN4O4S/c1-9-15-19(23-8-24-20(15)30-17(9)18(22)28)25-11-6-5-10(21)7-14(11)29-13-4-2-3-12(26)16(13)27/h5-8,12-13,16,26-27H,2-4H2,1H3,(H2,22,28)(H,23,24,25)/t12-,13-,16?/m1/s1. The van der Waals surface area contributed by atoms with Crippen molar-refractivity contribution in [3.63, 3.8) is 0 Å². The highest BCUT2D eigenvalue weighted by molar-refractivity contribution is 7.20. The maximum Gasteiger partial charge on any atom is 0.259 e. The Morgan fingerprint density at radius 2 is 2.13 bits per heavy atom. The van der Waals surface area contributed by atoms with Crippen molar-refractivity contribution in [2.45, 2.75) is 44.5 Å². The molecule has 1 fully saturated rings. The van der Waals surface area contributed by atoms with Gasteiger partial charge in [0, 0.05) is 6.07 Å². The molecule has 1 amide bonds. The van der Waals surface area contributed by atoms with E-state index in [1.54, 1.807) is 6.92 Å². The highest BCUT2D eigenvalue weighted by atomic mass is 32.1. The second-order valence-corrected chi connectivity index (χ2v) is 8.23. The minimum Gasteiger partial charge on any atom is -0.485 e. The van der Waals surface area contributed by atoms with Crippen molar-refractivity contribution >= 4 is 39.0 Å². The zero-order chi connectivity index (χ0) is 21.4. The summed E-state index contributed by atoms with van der Waals surface area (Å²) in [6, 6.07) is 3.99. The average molecular weight is 432 g/mol. The molecule has 0 spiro atoms. The van der Waals surface area contributed by atoms with Crippen LogP contribution < -0.4 is 15.8 Å². The van der Waals surface area contributed by atoms with Crippen molar-refractivity contribution in [3.05, 3.63) is 40.8 Å². The van der Waals surface area contributed by atoms with Gasteiger partial charge in [-0.05, 0) is 43.9 Å². The highest BCUT2D eigenvalue weighted by Gasteiger charge is 2.32. The van der Waals surface area contributed by atoms with E-state index in [4.69, 9.17) is 10.5 Å². The summed E-state index contributed by atoms with van der Waals surface area (Å²) in [7, 11) is 0. The van der Waals surface area contributed by atoms with Crippen LogP contribution in [0.2, 0.25) is 0 Å². The fourth-order valence-electron chi connectivity index (χ4n) is 3.64. The third-order valence-electron chi connectivity index (χ3n) is 5.19. The molecule has 0 radical (unpaired) electrons. The van der Waals surface area contributed by atoms with Gasteiger partial charge in [-0.15, -0.1) is 11.3 Å². The number of nitrogens with zero attached hydrogens (tertiary/aromatic N) is 2. The number of halogens is 1. The molecule has 5 N–H and O–H groups in total. The molecule has 3 aromatic rings. The summed E-state index contributed by atoms with van der Waals surface area (Å²) in [6.45, 7) is 1.76. The molecule has 4 rings (SSSR count). The summed E-state index contributed by atoms with van der Waals surface area (Å²) in [5.74, 6) is -0.445. The van der Waals surface area contributed by atoms with Crippen LogP contribution >= 0.6 is 11.3 Å². The summed E-state index contributed by atoms with van der Waals surface area (Å²) in [4.78, 5) is 21.1. The van der Waals surface area contributed by atoms with Gasteiger partial charge in [0.15, 0.2) is 0 Å². The quantitative estimate of drug-likeness (QED) is 0.487. The average Bonchev–Trinajstić information content (AvgIpc) is 3.05. The normalized spacial score (nSPS) is 21.5. The number of fused-ring (bicyclic) bond motifs is 1. The molecular formula is C20H21FN4O4S. The molecule has 1 aliphatic rings. The zero-order valence-corrected chi connectivity index (χ0v) is 16.9. The maximum atomic E-state index is 13.9. The first-order valence-electron chi connectivity index (χ1n) is 9.48. The Hall–Kier alpha value is -2.82. The predicted molar refractivity (Wildman–Crippen MR) is 111 cm³/mol. The fraction of sp³-hybridized carbons (Fsp3) is 0.350. The molecule has 2 aromatic heterocycles. The van der Waals surface area contributed by atoms with E-state index in [0.29, 0.717) is 51.4 Å². The molecule has 1 aromatic carbocycles. The van der Waals surface area contributed by atoms with E-state index in [2.05, 4.69) is 15.3 Å². The van der Waals surface area contributed by atoms with Gasteiger partial charge in [0.2, 0.25) is 0 Å². The van der Waals surface area contributed by atoms with Gasteiger partial charge in [0.25, 0.3) is 5.91 Å². The van der Waals surface area contributed by atoms with Crippen molar-refractivity contribution in [1.82, 2.24) is 9.97 Å². The lowest BCUT2D eigenvalue weighted by atomic mass is 9.92. The number of aliphatic hydroxyl groups excluding tert-OH is 2. The smallest absolute Gasteiger partial charge is 0.259 e. The van der Waals surface area contributed by atoms with Crippen molar-refractivity contribution in [1.29, 1.82) is 0 Å². The van der Waals surface area contributed by atoms with Crippen molar-refractivity contribution in [3.8, 4) is 5.75 Å². The monoisotopic (exact) mass is 432 g/mol. The van der Waals surface area contributed by atoms with E-state index in [-0.39, 0.29) is 5.75 Å². The second-order valence-electron chi connectivity index (χ2n) is 7.23. The van der Waals surface area contributed by atoms with E-state index in [1.807, 2.05) is 0 Å². The molecule has 2 heterocycles. The topological polar surface area (TPSA) is 131 Å². The van der Waals surface area contributed by atoms with Crippen molar-refractivity contribution in [2.24, 2.45) is 5.73 Å². The summed E-state index contributed by atoms with van der Waals surface area (Å²) in [5.41, 5.74) is 6.53. The first kappa shape index (κ1) is 20.5. The molecule has 1 aliphatic carbocycles. The molecule has 158 valence electrons. The summed E-state index contributed by atoms with van der Waals surface area (Å²) in [6.07, 6.45) is 0.485. The van der Waals surface area contributed by atoms with Gasteiger partial charge in [-0.25, -0.2) is 14.4 Å². The summed E-state index contributed by atoms with van der Waals surface area (Å²) in [5, 5.41) is 23.9. The third-order valence-corrected chi connectivity index (χ3v) is 6.40. The van der Waals surface area contributed by atoms with Gasteiger partial charge in [-0.2, -0.15) is 0 Å². The first-order valence-corrected chi connectivity index (χ1v) is 10.3. The lowest BCUT2D eigenvalue weighted by Crippen LogP contribution is -2.44. The summed E-state index contributed by atoms with van der Waals surface area (Å²) >= 11 is 1.17. The number of aryl methyl sites for hydroxylation is 1. The molecule has 0 bridgehead atoms. The number of carbonyl (C=O) groups excluding carboxylic acids is 1. The minimum atomic E-state index is -1.06. The molecular weight excluding hydrogens is 411 g/mol. The lowest BCUT2D eigenvalue weighted by molar-refractivity contribution is -0.0743. The highest BCUT2D eigenvalue weighted by Crippen LogP contribution is 2.37. The van der Waals surface area contributed by atoms with Crippen LogP contribution in [0.25, 0.3) is 10.2 Å². The van der Waals surface area contributed by atoms with Gasteiger partial charge in [0.1, 0.15) is 40.8 Å². The van der Waals surface area contributed by atoms with Crippen LogP contribution in [0.5, 0.6) is 5.75 Å². The molecule has 1 saturated carbocycles. The van der Waals surface area contributed by atoms with Crippen LogP contribution in [0.1, 0.15) is 34.5 Å². The second kappa shape index (κ2) is 8.13. The Labute approximate surface area is 175 Å². The Kier molecular flexibility index (Phi) is 5.54. The molecule has 0 aliphatic heterocycles. The van der Waals surface area contributed by atoms with Gasteiger partial charge in [-0.3, -0.25) is 4.79 Å². The number of nitrogens with two attached hydrogens (primary N) is 1. The predicted octanol–water partition coefficient (Wildman–Crippen LogP) is 2.63. The lowest BCUT2D eigenvalue weighted by Gasteiger charge is -2.32. The number of aliphatic hydroxyl groups is 2. The number of hydrogen-bond acceptors (Lipinski definition) is 8. The van der Waals surface area contributed by atoms with E-state index in [1.165, 1.54) is 35.9 Å². The van der Waals surface area contributed by atoms with Crippen LogP contribution in [-0.4, -0.2) is 44.4 Å². The number of anilines is 2. The first-order chi connectivity index (χ1) is 14.3. The minimum absolute atomic E-state index is 0.183. The summed E-state index contributed by atoms with van der Waals surface area (Å²) < 4.78 is 19.8. The van der Waals surface area contributed by atoms with E-state index in [9.17, 15) is 19.4 Å². The van der Waals surface area contributed by atoms with E-state index in [0.717, 1.165) is 0 Å². The fourth-order valence-corrected chi connectivity index (χ4v) is 4.64. The Bertz CT molecular complexity index is 1110. The Morgan fingerprint density at radius 1 is 1.33 bits per heavy atom. The number of benzene rings is 1. The van der Waals surface area contributed by atoms with Crippen LogP contribution in [0.15, 0.2) is 24.5 Å². The number of carbonyl (C=O) groups is 1. The van der Waals surface area contributed by atoms with Crippen LogP contribution in [0.3, 0.4) is 0 Å². The Morgan fingerprint density at radius 3 is 2.90 bits per heavy atom. The number of hydrogen-bond donors (Lipinski definition) is 4. The number of aromatic nitrogens is 2. The third kappa shape index (κ3) is 3.81. The number of primary amides is 1. The van der Waals surface area contributed by atoms with Gasteiger partial charge in [-0.1, -0.05) is 0 Å². The van der Waals surface area contributed by atoms with Crippen LogP contribution in [-0.2, 0) is 0 Å². The number of rotatable bonds is 5. The van der Waals surface area contributed by atoms with Crippen molar-refractivity contribution < 1.29 is 24.1 Å². The molecule has 1 unspecified atom stereocenters. The molecule has 3 atom stereocenters. The van der Waals surface area contributed by atoms with E-state index < -0.39 is 30.0 Å². The molecule has 8 nitrogen and oxygen atoms in total. The number of ether oxygens (including phenoxy) is 1. The van der Waals surface area contributed by atoms with E-state index >= 15 is 0 Å². The number of amides is 1. The van der Waals surface area contributed by atoms with Gasteiger partial charge < -0.3 is 26.0 Å². The maximum absolute atomic E-state index is 13.9. The number of nitrogens with one attached hydrogen (secondary N) is 1. The molecule has 30 heavy (non-hydrogen) atoms. The van der Waals surface area contributed by atoms with Crippen molar-refractivity contribution in [2.75, 3.05) is 5.32 Å². The van der Waals surface area contributed by atoms with Crippen LogP contribution in [0.4, 0.5) is 15.9 Å². The SMILES string of the molecule is Cc1c(C(N)=O)sc2ncnc(Nc3ccc(F)cc3O[C@@H]3CCC[C@@H](O)C3O)c12. The van der Waals surface area contributed by atoms with Crippen LogP contribution in [0, 0.1) is 12.7 Å². The number of thiophene rings is 1. The van der Waals surface area contributed by atoms with Gasteiger partial charge in [0.05, 0.1) is 22.1 Å². The molecule has 0 saturated heterocycles. The largest absolute Gasteiger partial charge is 0.485 e. The van der Waals surface area contributed by atoms with Gasteiger partial charge >= 0.3 is 0 Å². The Balaban J connectivity index is 1.70. The molecule has 10 heteroatoms. The zero-order valence-electron chi connectivity index (χ0n) is 16.1.